The smallest absolute Gasteiger partial charge is 0.228 e. The van der Waals surface area contributed by atoms with E-state index in [0.29, 0.717) is 6.54 Å². The van der Waals surface area contributed by atoms with Crippen LogP contribution >= 0.6 is 11.3 Å². The summed E-state index contributed by atoms with van der Waals surface area (Å²) in [7, 11) is 0. The predicted octanol–water partition coefficient (Wildman–Crippen LogP) is 2.30. The van der Waals surface area contributed by atoms with E-state index in [1.165, 1.54) is 4.88 Å². The molecule has 0 aromatic carbocycles. The molecule has 1 heterocycles. The molecule has 0 aliphatic heterocycles. The molecule has 2 nitrogen and oxygen atoms in total. The van der Waals surface area contributed by atoms with Gasteiger partial charge in [-0.2, -0.15) is 0 Å². The number of aryl methyl sites for hydroxylation is 1. The van der Waals surface area contributed by atoms with Gasteiger partial charge in [-0.05, 0) is 32.9 Å². The number of hydrogen-bond acceptors (Lipinski definition) is 2. The maximum atomic E-state index is 11.4. The van der Waals surface area contributed by atoms with E-state index >= 15 is 0 Å². The van der Waals surface area contributed by atoms with Gasteiger partial charge in [-0.3, -0.25) is 4.79 Å². The van der Waals surface area contributed by atoms with Crippen molar-refractivity contribution in [1.82, 2.24) is 5.32 Å². The number of carbonyl (C=O) groups is 1. The maximum Gasteiger partial charge on any atom is 0.228 e. The number of likely N-dealkylation sites (N-methyl/N-ethyl adjacent to an activating group) is 1. The van der Waals surface area contributed by atoms with Crippen LogP contribution in [0.15, 0.2) is 12.1 Å². The van der Waals surface area contributed by atoms with Crippen molar-refractivity contribution in [3.05, 3.63) is 21.9 Å². The summed E-state index contributed by atoms with van der Waals surface area (Å²) in [5.74, 6) is 0.100. The molecule has 0 saturated heterocycles. The Morgan fingerprint density at radius 1 is 1.62 bits per heavy atom. The number of thiophene rings is 1. The Labute approximate surface area is 83.0 Å². The summed E-state index contributed by atoms with van der Waals surface area (Å²) < 4.78 is 0. The molecule has 72 valence electrons. The molecule has 1 unspecified atom stereocenters. The van der Waals surface area contributed by atoms with E-state index in [4.69, 9.17) is 0 Å². The van der Waals surface area contributed by atoms with E-state index in [0.717, 1.165) is 4.88 Å². The molecule has 1 N–H and O–H groups in total. The number of nitrogens with one attached hydrogen (secondary N) is 1. The zero-order chi connectivity index (χ0) is 9.84. The van der Waals surface area contributed by atoms with Gasteiger partial charge in [0.05, 0.1) is 5.92 Å². The van der Waals surface area contributed by atoms with Crippen molar-refractivity contribution >= 4 is 17.2 Å². The van der Waals surface area contributed by atoms with Crippen molar-refractivity contribution < 1.29 is 4.79 Å². The van der Waals surface area contributed by atoms with Crippen molar-refractivity contribution in [2.45, 2.75) is 26.7 Å². The molecule has 0 saturated carbocycles. The van der Waals surface area contributed by atoms with Crippen LogP contribution in [0.2, 0.25) is 0 Å². The van der Waals surface area contributed by atoms with E-state index in [2.05, 4.69) is 18.3 Å². The zero-order valence-corrected chi connectivity index (χ0v) is 9.07. The van der Waals surface area contributed by atoms with Crippen molar-refractivity contribution in [2.75, 3.05) is 6.54 Å². The van der Waals surface area contributed by atoms with Crippen LogP contribution in [0.5, 0.6) is 0 Å². The number of amides is 1. The Hall–Kier alpha value is -0.830. The van der Waals surface area contributed by atoms with Gasteiger partial charge in [-0.1, -0.05) is 0 Å². The second kappa shape index (κ2) is 4.42. The van der Waals surface area contributed by atoms with Gasteiger partial charge in [0.15, 0.2) is 0 Å². The lowest BCUT2D eigenvalue weighted by molar-refractivity contribution is -0.122. The van der Waals surface area contributed by atoms with Crippen LogP contribution in [0, 0.1) is 6.92 Å². The molecule has 0 aliphatic rings. The largest absolute Gasteiger partial charge is 0.356 e. The Morgan fingerprint density at radius 3 is 2.77 bits per heavy atom. The van der Waals surface area contributed by atoms with Crippen LogP contribution in [0.25, 0.3) is 0 Å². The van der Waals surface area contributed by atoms with Crippen molar-refractivity contribution in [2.24, 2.45) is 0 Å². The second-order valence-corrected chi connectivity index (χ2v) is 4.38. The standard InChI is InChI=1S/C10H15NOS/c1-4-11-10(12)8(3)9-6-5-7(2)13-9/h5-6,8H,4H2,1-3H3,(H,11,12). The third-order valence-electron chi connectivity index (χ3n) is 1.93. The molecule has 0 radical (unpaired) electrons. The molecule has 13 heavy (non-hydrogen) atoms. The zero-order valence-electron chi connectivity index (χ0n) is 8.26. The molecule has 0 fully saturated rings. The number of hydrogen-bond donors (Lipinski definition) is 1. The van der Waals surface area contributed by atoms with E-state index in [9.17, 15) is 4.79 Å². The molecule has 1 atom stereocenters. The second-order valence-electron chi connectivity index (χ2n) is 3.06. The molecule has 1 aromatic heterocycles. The minimum Gasteiger partial charge on any atom is -0.356 e. The van der Waals surface area contributed by atoms with E-state index in [1.807, 2.05) is 19.9 Å². The molecule has 0 aliphatic carbocycles. The molecule has 1 aromatic rings. The minimum absolute atomic E-state index is 0.0151. The summed E-state index contributed by atoms with van der Waals surface area (Å²) >= 11 is 1.69. The lowest BCUT2D eigenvalue weighted by Crippen LogP contribution is -2.27. The van der Waals surface area contributed by atoms with Crippen LogP contribution in [-0.4, -0.2) is 12.5 Å². The predicted molar refractivity (Wildman–Crippen MR) is 56.2 cm³/mol. The fourth-order valence-corrected chi connectivity index (χ4v) is 2.07. The monoisotopic (exact) mass is 197 g/mol. The highest BCUT2D eigenvalue weighted by Crippen LogP contribution is 2.23. The molecule has 1 rings (SSSR count). The maximum absolute atomic E-state index is 11.4. The number of carbonyl (C=O) groups excluding carboxylic acids is 1. The van der Waals surface area contributed by atoms with Crippen LogP contribution in [-0.2, 0) is 4.79 Å². The molecular weight excluding hydrogens is 182 g/mol. The van der Waals surface area contributed by atoms with Crippen molar-refractivity contribution in [1.29, 1.82) is 0 Å². The first-order valence-corrected chi connectivity index (χ1v) is 5.30. The first kappa shape index (κ1) is 10.3. The summed E-state index contributed by atoms with van der Waals surface area (Å²) in [6, 6.07) is 4.08. The Balaban J connectivity index is 2.67. The topological polar surface area (TPSA) is 29.1 Å². The van der Waals surface area contributed by atoms with Crippen LogP contribution < -0.4 is 5.32 Å². The van der Waals surface area contributed by atoms with E-state index in [1.54, 1.807) is 11.3 Å². The molecule has 1 amide bonds. The lowest BCUT2D eigenvalue weighted by Gasteiger charge is -2.08. The Morgan fingerprint density at radius 2 is 2.31 bits per heavy atom. The minimum atomic E-state index is -0.0151. The first-order chi connectivity index (χ1) is 6.15. The molecular formula is C10H15NOS. The fourth-order valence-electron chi connectivity index (χ4n) is 1.14. The summed E-state index contributed by atoms with van der Waals surface area (Å²) in [4.78, 5) is 13.8. The summed E-state index contributed by atoms with van der Waals surface area (Å²) in [5.41, 5.74) is 0. The van der Waals surface area contributed by atoms with Gasteiger partial charge in [0.2, 0.25) is 5.91 Å². The quantitative estimate of drug-likeness (QED) is 0.791. The molecule has 0 spiro atoms. The third kappa shape index (κ3) is 2.56. The number of rotatable bonds is 3. The van der Waals surface area contributed by atoms with Crippen molar-refractivity contribution in [3.8, 4) is 0 Å². The Kier molecular flexibility index (Phi) is 3.48. The van der Waals surface area contributed by atoms with Gasteiger partial charge >= 0.3 is 0 Å². The van der Waals surface area contributed by atoms with Gasteiger partial charge in [0.25, 0.3) is 0 Å². The first-order valence-electron chi connectivity index (χ1n) is 4.49. The fraction of sp³-hybridized carbons (Fsp3) is 0.500. The molecule has 3 heteroatoms. The normalized spacial score (nSPS) is 12.5. The Bertz CT molecular complexity index is 293. The third-order valence-corrected chi connectivity index (χ3v) is 3.12. The van der Waals surface area contributed by atoms with E-state index < -0.39 is 0 Å². The summed E-state index contributed by atoms with van der Waals surface area (Å²) in [5, 5.41) is 2.82. The van der Waals surface area contributed by atoms with Crippen molar-refractivity contribution in [3.63, 3.8) is 0 Å². The molecule has 0 bridgehead atoms. The van der Waals surface area contributed by atoms with Crippen LogP contribution in [0.4, 0.5) is 0 Å². The van der Waals surface area contributed by atoms with Gasteiger partial charge in [-0.25, -0.2) is 0 Å². The van der Waals surface area contributed by atoms with Gasteiger partial charge < -0.3 is 5.32 Å². The average Bonchev–Trinajstić information content (AvgIpc) is 2.51. The van der Waals surface area contributed by atoms with Crippen LogP contribution in [0.3, 0.4) is 0 Å². The van der Waals surface area contributed by atoms with Crippen LogP contribution in [0.1, 0.15) is 29.5 Å². The summed E-state index contributed by atoms with van der Waals surface area (Å²) in [6.07, 6.45) is 0. The highest BCUT2D eigenvalue weighted by molar-refractivity contribution is 7.12. The highest BCUT2D eigenvalue weighted by atomic mass is 32.1. The van der Waals surface area contributed by atoms with Gasteiger partial charge in [0, 0.05) is 16.3 Å². The summed E-state index contributed by atoms with van der Waals surface area (Å²) in [6.45, 7) is 6.63. The SMILES string of the molecule is CCNC(=O)C(C)c1ccc(C)s1. The van der Waals surface area contributed by atoms with E-state index in [-0.39, 0.29) is 11.8 Å². The highest BCUT2D eigenvalue weighted by Gasteiger charge is 2.15. The lowest BCUT2D eigenvalue weighted by atomic mass is 10.1. The average molecular weight is 197 g/mol. The van der Waals surface area contributed by atoms with Gasteiger partial charge in [0.1, 0.15) is 0 Å². The van der Waals surface area contributed by atoms with Gasteiger partial charge in [-0.15, -0.1) is 11.3 Å².